The van der Waals surface area contributed by atoms with Crippen molar-refractivity contribution < 1.29 is 0 Å². The van der Waals surface area contributed by atoms with Crippen molar-refractivity contribution in [2.75, 3.05) is 0 Å². The Morgan fingerprint density at radius 1 is 1.20 bits per heavy atom. The van der Waals surface area contributed by atoms with Gasteiger partial charge in [0.05, 0.1) is 0 Å². The standard InChI is InChI=1S/C13H28N2/c1-7-10(2)15-12(3,4)8-11(14)9-13(15,5)6/h10-11H,7-9,14H2,1-6H3. The Morgan fingerprint density at radius 3 is 1.93 bits per heavy atom. The molecule has 1 fully saturated rings. The van der Waals surface area contributed by atoms with E-state index in [0.29, 0.717) is 12.1 Å². The fourth-order valence-electron chi connectivity index (χ4n) is 3.75. The van der Waals surface area contributed by atoms with E-state index in [0.717, 1.165) is 12.8 Å². The van der Waals surface area contributed by atoms with Crippen LogP contribution in [0.25, 0.3) is 0 Å². The third-order valence-corrected chi connectivity index (χ3v) is 3.86. The molecule has 1 aliphatic rings. The fraction of sp³-hybridized carbons (Fsp3) is 1.00. The van der Waals surface area contributed by atoms with Crippen LogP contribution >= 0.6 is 0 Å². The molecule has 1 aliphatic heterocycles. The minimum absolute atomic E-state index is 0.233. The zero-order chi connectivity index (χ0) is 11.9. The normalized spacial score (nSPS) is 29.0. The number of piperidine rings is 1. The van der Waals surface area contributed by atoms with Gasteiger partial charge in [-0.25, -0.2) is 0 Å². The number of nitrogens with zero attached hydrogens (tertiary/aromatic N) is 1. The summed E-state index contributed by atoms with van der Waals surface area (Å²) < 4.78 is 0. The maximum Gasteiger partial charge on any atom is 0.0176 e. The Labute approximate surface area is 95.2 Å². The molecule has 0 aliphatic carbocycles. The molecule has 0 spiro atoms. The van der Waals surface area contributed by atoms with Crippen LogP contribution in [0, 0.1) is 0 Å². The van der Waals surface area contributed by atoms with Gasteiger partial charge in [-0.2, -0.15) is 0 Å². The van der Waals surface area contributed by atoms with Crippen LogP contribution in [0.15, 0.2) is 0 Å². The van der Waals surface area contributed by atoms with E-state index < -0.39 is 0 Å². The molecule has 0 aromatic rings. The van der Waals surface area contributed by atoms with Crippen molar-refractivity contribution in [3.8, 4) is 0 Å². The summed E-state index contributed by atoms with van der Waals surface area (Å²) in [6.07, 6.45) is 3.43. The van der Waals surface area contributed by atoms with Crippen molar-refractivity contribution in [3.63, 3.8) is 0 Å². The van der Waals surface area contributed by atoms with Crippen LogP contribution in [0.5, 0.6) is 0 Å². The van der Waals surface area contributed by atoms with Crippen LogP contribution in [0.2, 0.25) is 0 Å². The summed E-state index contributed by atoms with van der Waals surface area (Å²) in [6.45, 7) is 13.9. The Hall–Kier alpha value is -0.0800. The van der Waals surface area contributed by atoms with Gasteiger partial charge in [0.25, 0.3) is 0 Å². The lowest BCUT2D eigenvalue weighted by Gasteiger charge is -2.57. The molecule has 1 saturated heterocycles. The van der Waals surface area contributed by atoms with E-state index in [2.05, 4.69) is 46.4 Å². The largest absolute Gasteiger partial charge is 0.328 e. The highest BCUT2D eigenvalue weighted by Gasteiger charge is 2.45. The van der Waals surface area contributed by atoms with Gasteiger partial charge in [0, 0.05) is 23.2 Å². The van der Waals surface area contributed by atoms with Gasteiger partial charge in [0.2, 0.25) is 0 Å². The fourth-order valence-corrected chi connectivity index (χ4v) is 3.75. The molecule has 1 rings (SSSR count). The molecule has 1 heterocycles. The van der Waals surface area contributed by atoms with E-state index in [1.165, 1.54) is 6.42 Å². The molecule has 1 atom stereocenters. The van der Waals surface area contributed by atoms with Crippen LogP contribution in [-0.4, -0.2) is 28.1 Å². The second-order valence-corrected chi connectivity index (χ2v) is 6.42. The predicted molar refractivity (Wildman–Crippen MR) is 67.0 cm³/mol. The van der Waals surface area contributed by atoms with E-state index in [4.69, 9.17) is 5.73 Å². The zero-order valence-electron chi connectivity index (χ0n) is 11.3. The zero-order valence-corrected chi connectivity index (χ0v) is 11.3. The summed E-state index contributed by atoms with van der Waals surface area (Å²) >= 11 is 0. The van der Waals surface area contributed by atoms with E-state index in [1.807, 2.05) is 0 Å². The molecule has 0 saturated carbocycles. The summed E-state index contributed by atoms with van der Waals surface area (Å²) in [4.78, 5) is 2.67. The second-order valence-electron chi connectivity index (χ2n) is 6.42. The van der Waals surface area contributed by atoms with Crippen LogP contribution in [-0.2, 0) is 0 Å². The molecule has 2 nitrogen and oxygen atoms in total. The van der Waals surface area contributed by atoms with Crippen LogP contribution in [0.4, 0.5) is 0 Å². The van der Waals surface area contributed by atoms with Gasteiger partial charge in [-0.1, -0.05) is 6.92 Å². The molecule has 0 bridgehead atoms. The van der Waals surface area contributed by atoms with Crippen molar-refractivity contribution in [2.24, 2.45) is 5.73 Å². The number of likely N-dealkylation sites (tertiary alicyclic amines) is 1. The molecule has 90 valence electrons. The third kappa shape index (κ3) is 2.54. The highest BCUT2D eigenvalue weighted by molar-refractivity contribution is 5.02. The topological polar surface area (TPSA) is 29.3 Å². The van der Waals surface area contributed by atoms with Gasteiger partial charge in [-0.3, -0.25) is 4.90 Å². The predicted octanol–water partition coefficient (Wildman–Crippen LogP) is 2.77. The van der Waals surface area contributed by atoms with Gasteiger partial charge < -0.3 is 5.73 Å². The minimum atomic E-state index is 0.233. The molecule has 1 unspecified atom stereocenters. The first-order valence-corrected chi connectivity index (χ1v) is 6.26. The van der Waals surface area contributed by atoms with Crippen molar-refractivity contribution in [2.45, 2.75) is 84.0 Å². The summed E-state index contributed by atoms with van der Waals surface area (Å²) in [5.74, 6) is 0. The van der Waals surface area contributed by atoms with Gasteiger partial charge >= 0.3 is 0 Å². The van der Waals surface area contributed by atoms with E-state index in [9.17, 15) is 0 Å². The molecular weight excluding hydrogens is 184 g/mol. The summed E-state index contributed by atoms with van der Waals surface area (Å²) in [7, 11) is 0. The van der Waals surface area contributed by atoms with E-state index >= 15 is 0 Å². The van der Waals surface area contributed by atoms with Crippen molar-refractivity contribution in [1.29, 1.82) is 0 Å². The number of hydrogen-bond donors (Lipinski definition) is 1. The summed E-state index contributed by atoms with van der Waals surface area (Å²) in [6, 6.07) is 0.998. The maximum atomic E-state index is 6.16. The first-order chi connectivity index (χ1) is 6.70. The molecule has 0 aromatic carbocycles. The Morgan fingerprint density at radius 2 is 1.60 bits per heavy atom. The molecule has 0 amide bonds. The van der Waals surface area contributed by atoms with Crippen LogP contribution < -0.4 is 5.73 Å². The average molecular weight is 212 g/mol. The van der Waals surface area contributed by atoms with Crippen molar-refractivity contribution >= 4 is 0 Å². The highest BCUT2D eigenvalue weighted by Crippen LogP contribution is 2.39. The summed E-state index contributed by atoms with van der Waals surface area (Å²) in [5, 5.41) is 0. The lowest BCUT2D eigenvalue weighted by atomic mass is 9.76. The Kier molecular flexibility index (Phi) is 3.52. The van der Waals surface area contributed by atoms with Crippen molar-refractivity contribution in [1.82, 2.24) is 4.90 Å². The van der Waals surface area contributed by atoms with E-state index in [-0.39, 0.29) is 11.1 Å². The quantitative estimate of drug-likeness (QED) is 0.762. The molecular formula is C13H28N2. The molecule has 2 N–H and O–H groups in total. The van der Waals surface area contributed by atoms with E-state index in [1.54, 1.807) is 0 Å². The first kappa shape index (κ1) is 13.0. The Bertz CT molecular complexity index is 203. The van der Waals surface area contributed by atoms with Gasteiger partial charge in [-0.05, 0) is 53.9 Å². The van der Waals surface area contributed by atoms with Gasteiger partial charge in [0.15, 0.2) is 0 Å². The highest BCUT2D eigenvalue weighted by atomic mass is 15.3. The van der Waals surface area contributed by atoms with Crippen molar-refractivity contribution in [3.05, 3.63) is 0 Å². The second kappa shape index (κ2) is 4.06. The summed E-state index contributed by atoms with van der Waals surface area (Å²) in [5.41, 5.74) is 6.63. The minimum Gasteiger partial charge on any atom is -0.328 e. The lowest BCUT2D eigenvalue weighted by molar-refractivity contribution is -0.0636. The maximum absolute atomic E-state index is 6.16. The number of rotatable bonds is 2. The average Bonchev–Trinajstić information content (AvgIpc) is 1.97. The van der Waals surface area contributed by atoms with Crippen LogP contribution in [0.3, 0.4) is 0 Å². The number of hydrogen-bond acceptors (Lipinski definition) is 2. The van der Waals surface area contributed by atoms with Crippen LogP contribution in [0.1, 0.15) is 60.8 Å². The first-order valence-electron chi connectivity index (χ1n) is 6.26. The van der Waals surface area contributed by atoms with Gasteiger partial charge in [-0.15, -0.1) is 0 Å². The Balaban J connectivity index is 2.97. The lowest BCUT2D eigenvalue weighted by Crippen LogP contribution is -2.65. The molecule has 2 heteroatoms. The molecule has 0 aromatic heterocycles. The third-order valence-electron chi connectivity index (χ3n) is 3.86. The smallest absolute Gasteiger partial charge is 0.0176 e. The van der Waals surface area contributed by atoms with Gasteiger partial charge in [0.1, 0.15) is 0 Å². The number of nitrogens with two attached hydrogens (primary N) is 1. The monoisotopic (exact) mass is 212 g/mol. The molecule has 0 radical (unpaired) electrons. The SMILES string of the molecule is CCC(C)N1C(C)(C)CC(N)CC1(C)C. The molecule has 15 heavy (non-hydrogen) atoms.